The van der Waals surface area contributed by atoms with E-state index in [-0.39, 0.29) is 6.10 Å². The average Bonchev–Trinajstić information content (AvgIpc) is 3.19. The molecule has 6 nitrogen and oxygen atoms in total. The van der Waals surface area contributed by atoms with Gasteiger partial charge in [0, 0.05) is 43.1 Å². The Morgan fingerprint density at radius 3 is 2.44 bits per heavy atom. The third-order valence-electron chi connectivity index (χ3n) is 6.06. The van der Waals surface area contributed by atoms with E-state index in [0.717, 1.165) is 43.2 Å². The van der Waals surface area contributed by atoms with Crippen molar-refractivity contribution in [1.82, 2.24) is 4.90 Å². The van der Waals surface area contributed by atoms with Crippen LogP contribution in [0.15, 0.2) is 54.7 Å². The van der Waals surface area contributed by atoms with E-state index in [9.17, 15) is 0 Å². The molecule has 2 aliphatic rings. The molecule has 32 heavy (non-hydrogen) atoms. The molecule has 2 heterocycles. The molecular weight excluding hydrogens is 428 g/mol. The Balaban J connectivity index is 1.30. The summed E-state index contributed by atoms with van der Waals surface area (Å²) in [7, 11) is 1.61. The van der Waals surface area contributed by atoms with Crippen molar-refractivity contribution in [3.8, 4) is 11.5 Å². The quantitative estimate of drug-likeness (QED) is 0.600. The lowest BCUT2D eigenvalue weighted by Crippen LogP contribution is -2.45. The van der Waals surface area contributed by atoms with Gasteiger partial charge < -0.3 is 28.7 Å². The molecule has 2 aromatic carbocycles. The Bertz CT molecular complexity index is 943. The molecule has 0 aliphatic carbocycles. The fraction of sp³-hybridized carbons (Fsp3) is 0.440. The molecule has 2 aliphatic heterocycles. The van der Waals surface area contributed by atoms with Crippen LogP contribution in [0.4, 0.5) is 5.69 Å². The Morgan fingerprint density at radius 1 is 1.12 bits per heavy atom. The fourth-order valence-corrected chi connectivity index (χ4v) is 4.48. The van der Waals surface area contributed by atoms with Gasteiger partial charge >= 0.3 is 0 Å². The SMILES string of the molecule is C=C(C)N1CCN(c2ccc(OCC3COC(C)(c4ccc(OC)cc4Cl)O3)cc2)CC1. The van der Waals surface area contributed by atoms with E-state index >= 15 is 0 Å². The summed E-state index contributed by atoms with van der Waals surface area (Å²) >= 11 is 6.42. The maximum Gasteiger partial charge on any atom is 0.194 e. The van der Waals surface area contributed by atoms with E-state index in [4.69, 9.17) is 30.5 Å². The zero-order chi connectivity index (χ0) is 22.7. The van der Waals surface area contributed by atoms with E-state index in [1.54, 1.807) is 13.2 Å². The smallest absolute Gasteiger partial charge is 0.194 e. The second kappa shape index (κ2) is 9.61. The summed E-state index contributed by atoms with van der Waals surface area (Å²) in [4.78, 5) is 4.71. The summed E-state index contributed by atoms with van der Waals surface area (Å²) in [5, 5.41) is 0.549. The number of benzene rings is 2. The molecule has 2 unspecified atom stereocenters. The first-order chi connectivity index (χ1) is 15.4. The molecule has 0 N–H and O–H groups in total. The molecule has 2 atom stereocenters. The second-order valence-corrected chi connectivity index (χ2v) is 8.76. The van der Waals surface area contributed by atoms with Crippen molar-refractivity contribution in [2.24, 2.45) is 0 Å². The van der Waals surface area contributed by atoms with Gasteiger partial charge in [-0.25, -0.2) is 0 Å². The lowest BCUT2D eigenvalue weighted by molar-refractivity contribution is -0.164. The fourth-order valence-electron chi connectivity index (χ4n) is 4.14. The van der Waals surface area contributed by atoms with Gasteiger partial charge in [-0.05, 0) is 56.3 Å². The van der Waals surface area contributed by atoms with Crippen molar-refractivity contribution in [1.29, 1.82) is 0 Å². The molecule has 0 saturated carbocycles. The highest BCUT2D eigenvalue weighted by Gasteiger charge is 2.40. The number of rotatable bonds is 7. The van der Waals surface area contributed by atoms with Crippen LogP contribution in [0.25, 0.3) is 0 Å². The summed E-state index contributed by atoms with van der Waals surface area (Å²) in [6.07, 6.45) is -0.187. The van der Waals surface area contributed by atoms with Crippen LogP contribution in [-0.4, -0.2) is 57.5 Å². The van der Waals surface area contributed by atoms with Crippen LogP contribution in [-0.2, 0) is 15.3 Å². The molecule has 0 bridgehead atoms. The first-order valence-electron chi connectivity index (χ1n) is 10.9. The highest BCUT2D eigenvalue weighted by molar-refractivity contribution is 6.31. The van der Waals surface area contributed by atoms with Crippen LogP contribution < -0.4 is 14.4 Å². The Labute approximate surface area is 195 Å². The van der Waals surface area contributed by atoms with Crippen molar-refractivity contribution < 1.29 is 18.9 Å². The summed E-state index contributed by atoms with van der Waals surface area (Å²) in [5.74, 6) is 0.600. The third-order valence-corrected chi connectivity index (χ3v) is 6.37. The van der Waals surface area contributed by atoms with Gasteiger partial charge in [-0.1, -0.05) is 18.2 Å². The molecule has 0 aromatic heterocycles. The van der Waals surface area contributed by atoms with Crippen LogP contribution in [0.5, 0.6) is 11.5 Å². The van der Waals surface area contributed by atoms with Crippen LogP contribution in [0.2, 0.25) is 5.02 Å². The van der Waals surface area contributed by atoms with Gasteiger partial charge in [-0.15, -0.1) is 0 Å². The maximum atomic E-state index is 6.42. The molecular formula is C25H31ClN2O4. The first-order valence-corrected chi connectivity index (χ1v) is 11.3. The minimum absolute atomic E-state index is 0.187. The molecule has 0 spiro atoms. The Hall–Kier alpha value is -2.41. The lowest BCUT2D eigenvalue weighted by atomic mass is 10.1. The summed E-state index contributed by atoms with van der Waals surface area (Å²) in [5.41, 5.74) is 3.12. The molecule has 4 rings (SSSR count). The summed E-state index contributed by atoms with van der Waals surface area (Å²) in [6.45, 7) is 12.8. The number of allylic oxidation sites excluding steroid dienone is 1. The predicted octanol–water partition coefficient (Wildman–Crippen LogP) is 4.67. The van der Waals surface area contributed by atoms with Gasteiger partial charge in [-0.3, -0.25) is 0 Å². The summed E-state index contributed by atoms with van der Waals surface area (Å²) < 4.78 is 23.3. The molecule has 2 saturated heterocycles. The van der Waals surface area contributed by atoms with Crippen molar-refractivity contribution in [2.75, 3.05) is 51.4 Å². The van der Waals surface area contributed by atoms with Gasteiger partial charge in [0.15, 0.2) is 5.79 Å². The van der Waals surface area contributed by atoms with Crippen LogP contribution in [0.1, 0.15) is 19.4 Å². The first kappa shape index (κ1) is 22.8. The largest absolute Gasteiger partial charge is 0.497 e. The number of nitrogens with zero attached hydrogens (tertiary/aromatic N) is 2. The number of piperazine rings is 1. The zero-order valence-corrected chi connectivity index (χ0v) is 19.7. The number of methoxy groups -OCH3 is 1. The number of anilines is 1. The normalized spacial score (nSPS) is 23.3. The van der Waals surface area contributed by atoms with Gasteiger partial charge in [0.2, 0.25) is 0 Å². The van der Waals surface area contributed by atoms with Crippen LogP contribution >= 0.6 is 11.6 Å². The number of hydrogen-bond acceptors (Lipinski definition) is 6. The predicted molar refractivity (Wildman–Crippen MR) is 127 cm³/mol. The van der Waals surface area contributed by atoms with Crippen LogP contribution in [0, 0.1) is 0 Å². The monoisotopic (exact) mass is 458 g/mol. The summed E-state index contributed by atoms with van der Waals surface area (Å²) in [6, 6.07) is 13.7. The maximum absolute atomic E-state index is 6.42. The van der Waals surface area contributed by atoms with E-state index in [1.165, 1.54) is 5.69 Å². The van der Waals surface area contributed by atoms with Crippen molar-refractivity contribution >= 4 is 17.3 Å². The van der Waals surface area contributed by atoms with Gasteiger partial charge in [-0.2, -0.15) is 0 Å². The molecule has 0 radical (unpaired) electrons. The third kappa shape index (κ3) is 4.98. The second-order valence-electron chi connectivity index (χ2n) is 8.36. The van der Waals surface area contributed by atoms with Gasteiger partial charge in [0.05, 0.1) is 18.7 Å². The van der Waals surface area contributed by atoms with Crippen molar-refractivity contribution in [3.05, 3.63) is 65.3 Å². The van der Waals surface area contributed by atoms with Gasteiger partial charge in [0.25, 0.3) is 0 Å². The highest BCUT2D eigenvalue weighted by atomic mass is 35.5. The lowest BCUT2D eigenvalue weighted by Gasteiger charge is -2.37. The highest BCUT2D eigenvalue weighted by Crippen LogP contribution is 2.39. The molecule has 2 aromatic rings. The minimum Gasteiger partial charge on any atom is -0.497 e. The van der Waals surface area contributed by atoms with E-state index in [0.29, 0.717) is 24.0 Å². The van der Waals surface area contributed by atoms with Crippen molar-refractivity contribution in [2.45, 2.75) is 25.7 Å². The molecule has 7 heteroatoms. The zero-order valence-electron chi connectivity index (χ0n) is 19.0. The van der Waals surface area contributed by atoms with E-state index < -0.39 is 5.79 Å². The Morgan fingerprint density at radius 2 is 1.81 bits per heavy atom. The standard InChI is InChI=1S/C25H31ClN2O4/c1-18(2)27-11-13-28(14-12-27)19-5-7-20(8-6-19)30-16-22-17-31-25(3,32-22)23-10-9-21(29-4)15-24(23)26/h5-10,15,22H,1,11-14,16-17H2,2-4H3. The number of hydrogen-bond donors (Lipinski definition) is 0. The average molecular weight is 459 g/mol. The van der Waals surface area contributed by atoms with Crippen LogP contribution in [0.3, 0.4) is 0 Å². The van der Waals surface area contributed by atoms with Gasteiger partial charge in [0.1, 0.15) is 24.2 Å². The van der Waals surface area contributed by atoms with E-state index in [2.05, 4.69) is 35.4 Å². The molecule has 2 fully saturated rings. The number of halogens is 1. The topological polar surface area (TPSA) is 43.4 Å². The van der Waals surface area contributed by atoms with E-state index in [1.807, 2.05) is 31.2 Å². The minimum atomic E-state index is -0.910. The molecule has 172 valence electrons. The number of ether oxygens (including phenoxy) is 4. The van der Waals surface area contributed by atoms with Crippen molar-refractivity contribution in [3.63, 3.8) is 0 Å². The Kier molecular flexibility index (Phi) is 6.84. The molecule has 0 amide bonds.